The summed E-state index contributed by atoms with van der Waals surface area (Å²) in [6.45, 7) is 6.55. The van der Waals surface area contributed by atoms with Gasteiger partial charge in [-0.1, -0.05) is 0 Å². The number of hydrogen-bond acceptors (Lipinski definition) is 4. The molecular formula is C11H21N3O3. The van der Waals surface area contributed by atoms with Crippen molar-refractivity contribution in [3.8, 4) is 0 Å². The van der Waals surface area contributed by atoms with Crippen molar-refractivity contribution in [3.63, 3.8) is 0 Å². The average Bonchev–Trinajstić information content (AvgIpc) is 2.63. The first-order chi connectivity index (χ1) is 7.81. The lowest BCUT2D eigenvalue weighted by atomic mass is 10.2. The van der Waals surface area contributed by atoms with E-state index >= 15 is 0 Å². The molecule has 1 heterocycles. The van der Waals surface area contributed by atoms with E-state index in [0.29, 0.717) is 13.1 Å². The Hall–Kier alpha value is -1.30. The number of nitrogens with zero attached hydrogens (tertiary/aromatic N) is 1. The second-order valence-electron chi connectivity index (χ2n) is 5.18. The number of ether oxygens (including phenoxy) is 1. The highest BCUT2D eigenvalue weighted by Crippen LogP contribution is 2.15. The molecule has 1 rings (SSSR count). The summed E-state index contributed by atoms with van der Waals surface area (Å²) in [6, 6.07) is -0.0152. The SMILES string of the molecule is CC(C)(C)OC(=O)N1CCC(NC(=O)CN)C1. The summed E-state index contributed by atoms with van der Waals surface area (Å²) >= 11 is 0. The number of nitrogens with one attached hydrogen (secondary N) is 1. The van der Waals surface area contributed by atoms with E-state index in [9.17, 15) is 9.59 Å². The number of carbonyl (C=O) groups excluding carboxylic acids is 2. The van der Waals surface area contributed by atoms with Crippen molar-refractivity contribution in [2.75, 3.05) is 19.6 Å². The molecule has 0 aromatic heterocycles. The lowest BCUT2D eigenvalue weighted by molar-refractivity contribution is -0.120. The molecule has 1 aliphatic heterocycles. The number of carbonyl (C=O) groups is 2. The summed E-state index contributed by atoms with van der Waals surface area (Å²) in [6.07, 6.45) is 0.410. The summed E-state index contributed by atoms with van der Waals surface area (Å²) in [5.41, 5.74) is 4.72. The second-order valence-corrected chi connectivity index (χ2v) is 5.18. The lowest BCUT2D eigenvalue weighted by Crippen LogP contribution is -2.42. The fraction of sp³-hybridized carbons (Fsp3) is 0.818. The minimum atomic E-state index is -0.490. The first kappa shape index (κ1) is 13.8. The predicted molar refractivity (Wildman–Crippen MR) is 63.4 cm³/mol. The van der Waals surface area contributed by atoms with Gasteiger partial charge in [0.2, 0.25) is 5.91 Å². The summed E-state index contributed by atoms with van der Waals surface area (Å²) in [4.78, 5) is 24.4. The summed E-state index contributed by atoms with van der Waals surface area (Å²) in [5, 5.41) is 2.76. The Morgan fingerprint density at radius 2 is 2.12 bits per heavy atom. The molecular weight excluding hydrogens is 222 g/mol. The first-order valence-corrected chi connectivity index (χ1v) is 5.79. The molecule has 0 aliphatic carbocycles. The highest BCUT2D eigenvalue weighted by atomic mass is 16.6. The van der Waals surface area contributed by atoms with Crippen LogP contribution in [0.2, 0.25) is 0 Å². The number of likely N-dealkylation sites (tertiary alicyclic amines) is 1. The van der Waals surface area contributed by atoms with Crippen LogP contribution in [0.1, 0.15) is 27.2 Å². The van der Waals surface area contributed by atoms with Crippen molar-refractivity contribution in [1.29, 1.82) is 0 Å². The summed E-state index contributed by atoms with van der Waals surface area (Å²) in [5.74, 6) is -0.193. The van der Waals surface area contributed by atoms with E-state index in [0.717, 1.165) is 6.42 Å². The number of nitrogens with two attached hydrogens (primary N) is 1. The van der Waals surface area contributed by atoms with E-state index in [2.05, 4.69) is 5.32 Å². The third-order valence-corrected chi connectivity index (χ3v) is 2.39. The van der Waals surface area contributed by atoms with Gasteiger partial charge in [0.15, 0.2) is 0 Å². The van der Waals surface area contributed by atoms with E-state index in [1.165, 1.54) is 0 Å². The highest BCUT2D eigenvalue weighted by Gasteiger charge is 2.30. The monoisotopic (exact) mass is 243 g/mol. The molecule has 6 nitrogen and oxygen atoms in total. The molecule has 0 saturated carbocycles. The average molecular weight is 243 g/mol. The lowest BCUT2D eigenvalue weighted by Gasteiger charge is -2.24. The van der Waals surface area contributed by atoms with E-state index in [1.54, 1.807) is 4.90 Å². The standard InChI is InChI=1S/C11H21N3O3/c1-11(2,3)17-10(16)14-5-4-8(7-14)13-9(15)6-12/h8H,4-7,12H2,1-3H3,(H,13,15). The van der Waals surface area contributed by atoms with Crippen LogP contribution in [0.4, 0.5) is 4.79 Å². The Balaban J connectivity index is 2.39. The largest absolute Gasteiger partial charge is 0.444 e. The maximum atomic E-state index is 11.7. The van der Waals surface area contributed by atoms with Gasteiger partial charge in [-0.2, -0.15) is 0 Å². The molecule has 1 saturated heterocycles. The zero-order valence-electron chi connectivity index (χ0n) is 10.7. The van der Waals surface area contributed by atoms with Gasteiger partial charge in [-0.15, -0.1) is 0 Å². The fourth-order valence-corrected chi connectivity index (χ4v) is 1.66. The molecule has 0 aromatic rings. The Bertz CT molecular complexity index is 299. The molecule has 1 unspecified atom stereocenters. The molecule has 0 bridgehead atoms. The molecule has 6 heteroatoms. The third-order valence-electron chi connectivity index (χ3n) is 2.39. The Kier molecular flexibility index (Phi) is 4.34. The first-order valence-electron chi connectivity index (χ1n) is 5.79. The number of hydrogen-bond donors (Lipinski definition) is 2. The maximum Gasteiger partial charge on any atom is 0.410 e. The normalized spacial score (nSPS) is 20.2. The van der Waals surface area contributed by atoms with E-state index in [4.69, 9.17) is 10.5 Å². The van der Waals surface area contributed by atoms with Gasteiger partial charge in [-0.25, -0.2) is 4.79 Å². The molecule has 3 N–H and O–H groups in total. The summed E-state index contributed by atoms with van der Waals surface area (Å²) in [7, 11) is 0. The smallest absolute Gasteiger partial charge is 0.410 e. The fourth-order valence-electron chi connectivity index (χ4n) is 1.66. The van der Waals surface area contributed by atoms with E-state index in [1.807, 2.05) is 20.8 Å². The maximum absolute atomic E-state index is 11.7. The third kappa shape index (κ3) is 4.60. The molecule has 1 aliphatic rings. The van der Waals surface area contributed by atoms with E-state index in [-0.39, 0.29) is 24.6 Å². The van der Waals surface area contributed by atoms with Crippen LogP contribution in [-0.2, 0) is 9.53 Å². The molecule has 1 fully saturated rings. The van der Waals surface area contributed by atoms with Gasteiger partial charge in [0.1, 0.15) is 5.60 Å². The van der Waals surface area contributed by atoms with Crippen LogP contribution < -0.4 is 11.1 Å². The van der Waals surface area contributed by atoms with Gasteiger partial charge < -0.3 is 20.7 Å². The van der Waals surface area contributed by atoms with Crippen LogP contribution in [0.15, 0.2) is 0 Å². The minimum Gasteiger partial charge on any atom is -0.444 e. The molecule has 98 valence electrons. The van der Waals surface area contributed by atoms with Crippen molar-refractivity contribution in [3.05, 3.63) is 0 Å². The number of rotatable bonds is 2. The van der Waals surface area contributed by atoms with Crippen molar-refractivity contribution in [1.82, 2.24) is 10.2 Å². The van der Waals surface area contributed by atoms with Crippen molar-refractivity contribution >= 4 is 12.0 Å². The molecule has 0 radical (unpaired) electrons. The van der Waals surface area contributed by atoms with Crippen molar-refractivity contribution in [2.45, 2.75) is 38.8 Å². The topological polar surface area (TPSA) is 84.7 Å². The van der Waals surface area contributed by atoms with Crippen molar-refractivity contribution < 1.29 is 14.3 Å². The zero-order valence-corrected chi connectivity index (χ0v) is 10.7. The molecule has 0 aromatic carbocycles. The Morgan fingerprint density at radius 1 is 1.47 bits per heavy atom. The number of amides is 2. The molecule has 0 spiro atoms. The molecule has 1 atom stereocenters. The highest BCUT2D eigenvalue weighted by molar-refractivity contribution is 5.78. The Morgan fingerprint density at radius 3 is 2.65 bits per heavy atom. The van der Waals surface area contributed by atoms with Gasteiger partial charge in [0.25, 0.3) is 0 Å². The molecule has 2 amide bonds. The van der Waals surface area contributed by atoms with Gasteiger partial charge in [-0.3, -0.25) is 4.79 Å². The van der Waals surface area contributed by atoms with Crippen LogP contribution in [0.3, 0.4) is 0 Å². The second kappa shape index (κ2) is 5.35. The Labute approximate surface area is 101 Å². The molecule has 17 heavy (non-hydrogen) atoms. The van der Waals surface area contributed by atoms with Crippen molar-refractivity contribution in [2.24, 2.45) is 5.73 Å². The minimum absolute atomic E-state index is 0.0152. The van der Waals surface area contributed by atoms with Gasteiger partial charge in [0, 0.05) is 19.1 Å². The van der Waals surface area contributed by atoms with Gasteiger partial charge in [0.05, 0.1) is 6.54 Å². The van der Waals surface area contributed by atoms with Crippen LogP contribution in [0.25, 0.3) is 0 Å². The van der Waals surface area contributed by atoms with Crippen LogP contribution in [0.5, 0.6) is 0 Å². The van der Waals surface area contributed by atoms with Crippen LogP contribution >= 0.6 is 0 Å². The summed E-state index contributed by atoms with van der Waals surface area (Å²) < 4.78 is 5.25. The van der Waals surface area contributed by atoms with Gasteiger partial charge >= 0.3 is 6.09 Å². The predicted octanol–water partition coefficient (Wildman–Crippen LogP) is 0.0707. The van der Waals surface area contributed by atoms with Crippen LogP contribution in [-0.4, -0.2) is 48.2 Å². The van der Waals surface area contributed by atoms with E-state index < -0.39 is 5.60 Å². The zero-order chi connectivity index (χ0) is 13.1. The van der Waals surface area contributed by atoms with Gasteiger partial charge in [-0.05, 0) is 27.2 Å². The quantitative estimate of drug-likeness (QED) is 0.719. The van der Waals surface area contributed by atoms with Crippen LogP contribution in [0, 0.1) is 0 Å².